The van der Waals surface area contributed by atoms with Gasteiger partial charge in [0.05, 0.1) is 13.4 Å². The quantitative estimate of drug-likeness (QED) is 0.664. The lowest BCUT2D eigenvalue weighted by Crippen LogP contribution is -2.18. The molecule has 3 aromatic rings. The number of nitrogens with zero attached hydrogens (tertiary/aromatic N) is 4. The van der Waals surface area contributed by atoms with Gasteiger partial charge in [0, 0.05) is 13.2 Å². The second-order valence-corrected chi connectivity index (χ2v) is 6.35. The summed E-state index contributed by atoms with van der Waals surface area (Å²) in [5.74, 6) is 0.731. The van der Waals surface area contributed by atoms with E-state index in [-0.39, 0.29) is 12.0 Å². The third-order valence-corrected chi connectivity index (χ3v) is 4.56. The van der Waals surface area contributed by atoms with Gasteiger partial charge < -0.3 is 19.9 Å². The van der Waals surface area contributed by atoms with Crippen LogP contribution in [0.3, 0.4) is 0 Å². The number of phenols is 1. The lowest BCUT2D eigenvalue weighted by molar-refractivity contribution is -0.0298. The molecular formula is C18H20FN5O3. The van der Waals surface area contributed by atoms with Crippen LogP contribution in [-0.2, 0) is 11.3 Å². The van der Waals surface area contributed by atoms with Crippen LogP contribution in [0.2, 0.25) is 0 Å². The van der Waals surface area contributed by atoms with Crippen molar-refractivity contribution in [2.75, 3.05) is 19.0 Å². The maximum atomic E-state index is 14.0. The fourth-order valence-corrected chi connectivity index (χ4v) is 3.18. The van der Waals surface area contributed by atoms with Gasteiger partial charge in [-0.15, -0.1) is 0 Å². The summed E-state index contributed by atoms with van der Waals surface area (Å²) in [5, 5.41) is 12.8. The Bertz CT molecular complexity index is 956. The topological polar surface area (TPSA) is 94.3 Å². The lowest BCUT2D eigenvalue weighted by Gasteiger charge is -2.23. The largest absolute Gasteiger partial charge is 0.504 e. The molecule has 1 atom stereocenters. The minimum atomic E-state index is -0.828. The van der Waals surface area contributed by atoms with Crippen LogP contribution < -0.4 is 10.1 Å². The van der Waals surface area contributed by atoms with E-state index in [1.54, 1.807) is 29.1 Å². The predicted molar refractivity (Wildman–Crippen MR) is 96.1 cm³/mol. The van der Waals surface area contributed by atoms with Crippen molar-refractivity contribution >= 4 is 17.0 Å². The number of ether oxygens (including phenoxy) is 2. The van der Waals surface area contributed by atoms with Gasteiger partial charge in [-0.25, -0.2) is 4.98 Å². The molecule has 1 aliphatic rings. The minimum Gasteiger partial charge on any atom is -0.504 e. The van der Waals surface area contributed by atoms with Crippen LogP contribution in [0.25, 0.3) is 11.2 Å². The molecule has 0 aliphatic carbocycles. The van der Waals surface area contributed by atoms with Crippen molar-refractivity contribution in [3.05, 3.63) is 36.2 Å². The van der Waals surface area contributed by atoms with Gasteiger partial charge in [-0.3, -0.25) is 4.57 Å². The van der Waals surface area contributed by atoms with Gasteiger partial charge in [-0.05, 0) is 37.0 Å². The van der Waals surface area contributed by atoms with Crippen LogP contribution in [0.1, 0.15) is 31.1 Å². The molecule has 142 valence electrons. The molecule has 4 rings (SSSR count). The highest BCUT2D eigenvalue weighted by atomic mass is 19.1. The number of fused-ring (bicyclic) bond motifs is 1. The van der Waals surface area contributed by atoms with Crippen LogP contribution in [0.4, 0.5) is 10.2 Å². The van der Waals surface area contributed by atoms with E-state index < -0.39 is 6.08 Å². The van der Waals surface area contributed by atoms with Crippen molar-refractivity contribution in [2.45, 2.75) is 32.0 Å². The lowest BCUT2D eigenvalue weighted by atomic mass is 10.2. The van der Waals surface area contributed by atoms with E-state index in [1.165, 1.54) is 7.11 Å². The third-order valence-electron chi connectivity index (χ3n) is 4.56. The number of aromatic hydroxyl groups is 1. The fraction of sp³-hybridized carbons (Fsp3) is 0.389. The summed E-state index contributed by atoms with van der Waals surface area (Å²) in [4.78, 5) is 12.1. The fourth-order valence-electron chi connectivity index (χ4n) is 3.18. The summed E-state index contributed by atoms with van der Waals surface area (Å²) < 4.78 is 26.6. The second kappa shape index (κ2) is 7.36. The number of halogens is 1. The molecule has 27 heavy (non-hydrogen) atoms. The Labute approximate surface area is 155 Å². The molecule has 1 unspecified atom stereocenters. The maximum absolute atomic E-state index is 14.0. The normalized spacial score (nSPS) is 17.2. The highest BCUT2D eigenvalue weighted by Crippen LogP contribution is 2.29. The standard InChI is InChI=1S/C18H20FN5O3/c1-26-13-8-11(5-6-12(13)25)9-20-16-15-17(23-18(19)22-16)24(10-21-15)14-4-2-3-7-27-14/h5-6,8,10,14,25H,2-4,7,9H2,1H3,(H,20,22,23). The Morgan fingerprint density at radius 3 is 3.04 bits per heavy atom. The molecule has 0 bridgehead atoms. The van der Waals surface area contributed by atoms with E-state index in [0.717, 1.165) is 24.8 Å². The number of anilines is 1. The number of benzene rings is 1. The van der Waals surface area contributed by atoms with Crippen LogP contribution in [0.5, 0.6) is 11.5 Å². The first kappa shape index (κ1) is 17.5. The van der Waals surface area contributed by atoms with Crippen molar-refractivity contribution in [1.29, 1.82) is 0 Å². The van der Waals surface area contributed by atoms with E-state index in [1.807, 2.05) is 0 Å². The van der Waals surface area contributed by atoms with Crippen molar-refractivity contribution in [2.24, 2.45) is 0 Å². The summed E-state index contributed by atoms with van der Waals surface area (Å²) in [6, 6.07) is 4.99. The summed E-state index contributed by atoms with van der Waals surface area (Å²) >= 11 is 0. The molecule has 1 fully saturated rings. The highest BCUT2D eigenvalue weighted by molar-refractivity contribution is 5.82. The number of aromatic nitrogens is 4. The van der Waals surface area contributed by atoms with E-state index >= 15 is 0 Å². The Morgan fingerprint density at radius 2 is 2.26 bits per heavy atom. The zero-order valence-electron chi connectivity index (χ0n) is 14.9. The first-order valence-electron chi connectivity index (χ1n) is 8.77. The maximum Gasteiger partial charge on any atom is 0.312 e. The molecule has 0 radical (unpaired) electrons. The molecule has 2 N–H and O–H groups in total. The van der Waals surface area contributed by atoms with Crippen molar-refractivity contribution in [1.82, 2.24) is 19.5 Å². The molecule has 2 aromatic heterocycles. The molecule has 1 aromatic carbocycles. The molecule has 8 nitrogen and oxygen atoms in total. The van der Waals surface area contributed by atoms with E-state index in [0.29, 0.717) is 35.9 Å². The van der Waals surface area contributed by atoms with Gasteiger partial charge >= 0.3 is 6.08 Å². The zero-order valence-corrected chi connectivity index (χ0v) is 14.9. The summed E-state index contributed by atoms with van der Waals surface area (Å²) in [7, 11) is 1.48. The van der Waals surface area contributed by atoms with Gasteiger partial charge in [0.25, 0.3) is 0 Å². The van der Waals surface area contributed by atoms with Gasteiger partial charge in [-0.2, -0.15) is 14.4 Å². The van der Waals surface area contributed by atoms with E-state index in [2.05, 4.69) is 20.3 Å². The number of hydrogen-bond donors (Lipinski definition) is 2. The van der Waals surface area contributed by atoms with Crippen LogP contribution in [0, 0.1) is 6.08 Å². The first-order valence-corrected chi connectivity index (χ1v) is 8.77. The Morgan fingerprint density at radius 1 is 1.37 bits per heavy atom. The predicted octanol–water partition coefficient (Wildman–Crippen LogP) is 2.99. The second-order valence-electron chi connectivity index (χ2n) is 6.35. The minimum absolute atomic E-state index is 0.0583. The summed E-state index contributed by atoms with van der Waals surface area (Å²) in [5.41, 5.74) is 1.73. The number of phenolic OH excluding ortho intramolecular Hbond substituents is 1. The third kappa shape index (κ3) is 3.50. The molecule has 0 amide bonds. The molecule has 0 spiro atoms. The number of methoxy groups -OCH3 is 1. The average molecular weight is 373 g/mol. The van der Waals surface area contributed by atoms with Gasteiger partial charge in [0.2, 0.25) is 0 Å². The monoisotopic (exact) mass is 373 g/mol. The van der Waals surface area contributed by atoms with E-state index in [9.17, 15) is 9.50 Å². The van der Waals surface area contributed by atoms with Gasteiger partial charge in [0.1, 0.15) is 6.23 Å². The Hall–Kier alpha value is -2.94. The molecule has 0 saturated carbocycles. The first-order chi connectivity index (χ1) is 13.2. The van der Waals surface area contributed by atoms with Crippen molar-refractivity contribution in [3.63, 3.8) is 0 Å². The average Bonchev–Trinajstić information content (AvgIpc) is 3.11. The van der Waals surface area contributed by atoms with Gasteiger partial charge in [-0.1, -0.05) is 6.07 Å². The van der Waals surface area contributed by atoms with Crippen molar-refractivity contribution in [3.8, 4) is 11.5 Å². The molecule has 9 heteroatoms. The number of hydrogen-bond acceptors (Lipinski definition) is 7. The van der Waals surface area contributed by atoms with Gasteiger partial charge in [0.15, 0.2) is 28.5 Å². The SMILES string of the molecule is COc1cc(CNc2nc(F)nc3c2ncn3C2CCCCO2)ccc1O. The molecule has 3 heterocycles. The number of imidazole rings is 1. The Balaban J connectivity index is 1.61. The van der Waals surface area contributed by atoms with Crippen LogP contribution in [0.15, 0.2) is 24.5 Å². The zero-order chi connectivity index (χ0) is 18.8. The van der Waals surface area contributed by atoms with Crippen molar-refractivity contribution < 1.29 is 19.0 Å². The summed E-state index contributed by atoms with van der Waals surface area (Å²) in [6.45, 7) is 1.03. The molecular weight excluding hydrogens is 353 g/mol. The molecule has 1 saturated heterocycles. The number of rotatable bonds is 5. The summed E-state index contributed by atoms with van der Waals surface area (Å²) in [6.07, 6.45) is 3.51. The number of nitrogens with one attached hydrogen (secondary N) is 1. The van der Waals surface area contributed by atoms with Crippen LogP contribution in [-0.4, -0.2) is 38.3 Å². The Kier molecular flexibility index (Phi) is 4.76. The highest BCUT2D eigenvalue weighted by Gasteiger charge is 2.21. The smallest absolute Gasteiger partial charge is 0.312 e. The van der Waals surface area contributed by atoms with Crippen LogP contribution >= 0.6 is 0 Å². The van der Waals surface area contributed by atoms with E-state index in [4.69, 9.17) is 9.47 Å². The molecule has 1 aliphatic heterocycles.